The first-order chi connectivity index (χ1) is 6.58. The van der Waals surface area contributed by atoms with Crippen LogP contribution in [0.1, 0.15) is 5.56 Å². The van der Waals surface area contributed by atoms with Crippen molar-refractivity contribution in [1.29, 1.82) is 0 Å². The second kappa shape index (κ2) is 3.30. The number of rotatable bonds is 0. The highest BCUT2D eigenvalue weighted by Gasteiger charge is 2.05. The predicted octanol–water partition coefficient (Wildman–Crippen LogP) is 3.43. The molecule has 0 saturated carbocycles. The number of fused-ring (bicyclic) bond motifs is 1. The molecule has 0 atom stereocenters. The van der Waals surface area contributed by atoms with E-state index in [0.29, 0.717) is 15.9 Å². The van der Waals surface area contributed by atoms with Crippen LogP contribution in [0.25, 0.3) is 10.9 Å². The Morgan fingerprint density at radius 1 is 1.21 bits per heavy atom. The minimum Gasteiger partial charge on any atom is -0.383 e. The third-order valence-corrected chi connectivity index (χ3v) is 2.61. The number of halogens is 2. The molecule has 0 fully saturated rings. The topological polar surface area (TPSA) is 38.9 Å². The van der Waals surface area contributed by atoms with Gasteiger partial charge in [0.15, 0.2) is 0 Å². The summed E-state index contributed by atoms with van der Waals surface area (Å²) in [5.74, 6) is 0.510. The number of nitrogen functional groups attached to an aromatic ring is 1. The number of aromatic nitrogens is 1. The van der Waals surface area contributed by atoms with Gasteiger partial charge in [0.2, 0.25) is 0 Å². The minimum atomic E-state index is 0.510. The highest BCUT2D eigenvalue weighted by atomic mass is 35.5. The van der Waals surface area contributed by atoms with Gasteiger partial charge in [-0.2, -0.15) is 0 Å². The molecule has 0 bridgehead atoms. The van der Waals surface area contributed by atoms with Gasteiger partial charge in [-0.15, -0.1) is 0 Å². The van der Waals surface area contributed by atoms with E-state index in [-0.39, 0.29) is 0 Å². The maximum Gasteiger partial charge on any atom is 0.127 e. The van der Waals surface area contributed by atoms with E-state index in [1.165, 1.54) is 0 Å². The summed E-state index contributed by atoms with van der Waals surface area (Å²) >= 11 is 11.9. The van der Waals surface area contributed by atoms with Crippen LogP contribution in [-0.2, 0) is 0 Å². The monoisotopic (exact) mass is 226 g/mol. The number of nitrogens with zero attached hydrogens (tertiary/aromatic N) is 1. The highest BCUT2D eigenvalue weighted by Crippen LogP contribution is 2.28. The summed E-state index contributed by atoms with van der Waals surface area (Å²) in [5, 5.41) is 2.05. The number of benzene rings is 1. The molecule has 0 aliphatic rings. The van der Waals surface area contributed by atoms with Crippen LogP contribution in [0.4, 0.5) is 5.82 Å². The molecule has 2 N–H and O–H groups in total. The van der Waals surface area contributed by atoms with E-state index in [2.05, 4.69) is 4.98 Å². The molecule has 0 spiro atoms. The van der Waals surface area contributed by atoms with Gasteiger partial charge in [0, 0.05) is 10.4 Å². The molecule has 0 saturated heterocycles. The van der Waals surface area contributed by atoms with Gasteiger partial charge in [0.1, 0.15) is 5.82 Å². The van der Waals surface area contributed by atoms with Crippen LogP contribution in [0, 0.1) is 6.92 Å². The normalized spacial score (nSPS) is 10.8. The Kier molecular flexibility index (Phi) is 2.25. The van der Waals surface area contributed by atoms with E-state index in [4.69, 9.17) is 28.9 Å². The van der Waals surface area contributed by atoms with Crippen molar-refractivity contribution in [2.75, 3.05) is 5.73 Å². The molecule has 4 heteroatoms. The van der Waals surface area contributed by atoms with E-state index in [1.54, 1.807) is 12.1 Å². The quantitative estimate of drug-likeness (QED) is 0.748. The number of pyridine rings is 1. The molecule has 72 valence electrons. The lowest BCUT2D eigenvalue weighted by molar-refractivity contribution is 1.34. The first kappa shape index (κ1) is 9.56. The molecule has 2 nitrogen and oxygen atoms in total. The molecule has 0 unspecified atom stereocenters. The SMILES string of the molecule is Cc1cc2c(Cl)cc(Cl)cc2nc1N. The summed E-state index contributed by atoms with van der Waals surface area (Å²) in [4.78, 5) is 4.21. The summed E-state index contributed by atoms with van der Waals surface area (Å²) in [5.41, 5.74) is 7.33. The molecule has 0 amide bonds. The molecule has 0 radical (unpaired) electrons. The summed E-state index contributed by atoms with van der Waals surface area (Å²) in [6.07, 6.45) is 0. The zero-order valence-electron chi connectivity index (χ0n) is 7.51. The van der Waals surface area contributed by atoms with Crippen LogP contribution < -0.4 is 5.73 Å². The fraction of sp³-hybridized carbons (Fsp3) is 0.100. The molecular weight excluding hydrogens is 219 g/mol. The fourth-order valence-corrected chi connectivity index (χ4v) is 1.85. The van der Waals surface area contributed by atoms with Crippen molar-refractivity contribution in [3.8, 4) is 0 Å². The molecule has 2 rings (SSSR count). The van der Waals surface area contributed by atoms with Crippen molar-refractivity contribution in [3.05, 3.63) is 33.8 Å². The highest BCUT2D eigenvalue weighted by molar-refractivity contribution is 6.38. The molecule has 1 heterocycles. The number of hydrogen-bond acceptors (Lipinski definition) is 2. The third-order valence-electron chi connectivity index (χ3n) is 2.08. The first-order valence-electron chi connectivity index (χ1n) is 4.10. The number of aryl methyl sites for hydroxylation is 1. The van der Waals surface area contributed by atoms with Gasteiger partial charge in [-0.3, -0.25) is 0 Å². The van der Waals surface area contributed by atoms with Crippen molar-refractivity contribution in [2.24, 2.45) is 0 Å². The fourth-order valence-electron chi connectivity index (χ4n) is 1.31. The van der Waals surface area contributed by atoms with E-state index < -0.39 is 0 Å². The largest absolute Gasteiger partial charge is 0.383 e. The summed E-state index contributed by atoms with van der Waals surface area (Å²) < 4.78 is 0. The van der Waals surface area contributed by atoms with E-state index >= 15 is 0 Å². The third kappa shape index (κ3) is 1.51. The zero-order valence-corrected chi connectivity index (χ0v) is 9.02. The Morgan fingerprint density at radius 2 is 1.93 bits per heavy atom. The maximum atomic E-state index is 6.02. The van der Waals surface area contributed by atoms with Crippen molar-refractivity contribution < 1.29 is 0 Å². The van der Waals surface area contributed by atoms with Crippen molar-refractivity contribution in [3.63, 3.8) is 0 Å². The second-order valence-electron chi connectivity index (χ2n) is 3.14. The van der Waals surface area contributed by atoms with Crippen LogP contribution >= 0.6 is 23.2 Å². The van der Waals surface area contributed by atoms with Crippen LogP contribution in [0.2, 0.25) is 10.0 Å². The van der Waals surface area contributed by atoms with Gasteiger partial charge in [-0.05, 0) is 30.7 Å². The summed E-state index contributed by atoms with van der Waals surface area (Å²) in [6, 6.07) is 5.36. The standard InChI is InChI=1S/C10H8Cl2N2/c1-5-2-7-8(12)3-6(11)4-9(7)14-10(5)13/h2-4H,1H3,(H2,13,14). The van der Waals surface area contributed by atoms with Gasteiger partial charge >= 0.3 is 0 Å². The van der Waals surface area contributed by atoms with Crippen LogP contribution in [0.3, 0.4) is 0 Å². The zero-order chi connectivity index (χ0) is 10.3. The first-order valence-corrected chi connectivity index (χ1v) is 4.85. The van der Waals surface area contributed by atoms with Crippen LogP contribution in [0.15, 0.2) is 18.2 Å². The molecule has 1 aromatic heterocycles. The van der Waals surface area contributed by atoms with Gasteiger partial charge in [0.25, 0.3) is 0 Å². The van der Waals surface area contributed by atoms with Crippen molar-refractivity contribution >= 4 is 39.9 Å². The Bertz CT molecular complexity index is 509. The van der Waals surface area contributed by atoms with E-state index in [0.717, 1.165) is 16.5 Å². The molecule has 0 aliphatic heterocycles. The Morgan fingerprint density at radius 3 is 2.64 bits per heavy atom. The Balaban J connectivity index is 2.89. The number of nitrogens with two attached hydrogens (primary N) is 1. The summed E-state index contributed by atoms with van der Waals surface area (Å²) in [7, 11) is 0. The maximum absolute atomic E-state index is 6.02. The second-order valence-corrected chi connectivity index (χ2v) is 3.99. The Hall–Kier alpha value is -0.990. The van der Waals surface area contributed by atoms with Gasteiger partial charge in [-0.1, -0.05) is 23.2 Å². The van der Waals surface area contributed by atoms with Gasteiger partial charge in [-0.25, -0.2) is 4.98 Å². The van der Waals surface area contributed by atoms with E-state index in [9.17, 15) is 0 Å². The van der Waals surface area contributed by atoms with Crippen LogP contribution in [0.5, 0.6) is 0 Å². The predicted molar refractivity (Wildman–Crippen MR) is 60.9 cm³/mol. The smallest absolute Gasteiger partial charge is 0.127 e. The van der Waals surface area contributed by atoms with Crippen molar-refractivity contribution in [1.82, 2.24) is 4.98 Å². The van der Waals surface area contributed by atoms with Crippen molar-refractivity contribution in [2.45, 2.75) is 6.92 Å². The molecular formula is C10H8Cl2N2. The Labute approximate surface area is 91.6 Å². The molecule has 0 aliphatic carbocycles. The number of hydrogen-bond donors (Lipinski definition) is 1. The van der Waals surface area contributed by atoms with Gasteiger partial charge < -0.3 is 5.73 Å². The average molecular weight is 227 g/mol. The minimum absolute atomic E-state index is 0.510. The molecule has 1 aromatic carbocycles. The summed E-state index contributed by atoms with van der Waals surface area (Å²) in [6.45, 7) is 1.90. The lowest BCUT2D eigenvalue weighted by Crippen LogP contribution is -1.94. The van der Waals surface area contributed by atoms with E-state index in [1.807, 2.05) is 13.0 Å². The lowest BCUT2D eigenvalue weighted by Gasteiger charge is -2.04. The average Bonchev–Trinajstić information content (AvgIpc) is 2.08. The lowest BCUT2D eigenvalue weighted by atomic mass is 10.1. The van der Waals surface area contributed by atoms with Crippen LogP contribution in [-0.4, -0.2) is 4.98 Å². The number of anilines is 1. The molecule has 2 aromatic rings. The van der Waals surface area contributed by atoms with Gasteiger partial charge in [0.05, 0.1) is 10.5 Å². The molecule has 14 heavy (non-hydrogen) atoms.